The van der Waals surface area contributed by atoms with Crippen molar-refractivity contribution in [2.24, 2.45) is 17.6 Å². The average Bonchev–Trinajstić information content (AvgIpc) is 2.87. The summed E-state index contributed by atoms with van der Waals surface area (Å²) in [6, 6.07) is 0. The maximum atomic E-state index is 5.95. The third-order valence-corrected chi connectivity index (χ3v) is 4.30. The first kappa shape index (κ1) is 11.4. The lowest BCUT2D eigenvalue weighted by Crippen LogP contribution is -2.53. The van der Waals surface area contributed by atoms with Crippen LogP contribution >= 0.6 is 0 Å². The van der Waals surface area contributed by atoms with Gasteiger partial charge in [0.1, 0.15) is 0 Å². The van der Waals surface area contributed by atoms with Crippen LogP contribution in [-0.4, -0.2) is 43.3 Å². The van der Waals surface area contributed by atoms with Gasteiger partial charge in [0, 0.05) is 19.7 Å². The van der Waals surface area contributed by atoms with E-state index in [0.717, 1.165) is 38.0 Å². The molecule has 2 rings (SSSR count). The third-order valence-electron chi connectivity index (χ3n) is 4.30. The van der Waals surface area contributed by atoms with Crippen LogP contribution in [0.15, 0.2) is 0 Å². The molecule has 3 heteroatoms. The second-order valence-corrected chi connectivity index (χ2v) is 5.47. The number of ether oxygens (including phenoxy) is 1. The zero-order chi connectivity index (χ0) is 10.9. The van der Waals surface area contributed by atoms with Crippen LogP contribution in [0.1, 0.15) is 26.7 Å². The summed E-state index contributed by atoms with van der Waals surface area (Å²) < 4.78 is 5.54. The van der Waals surface area contributed by atoms with Crippen LogP contribution < -0.4 is 5.73 Å². The van der Waals surface area contributed by atoms with Crippen LogP contribution in [-0.2, 0) is 4.74 Å². The van der Waals surface area contributed by atoms with Crippen LogP contribution in [0, 0.1) is 11.8 Å². The number of rotatable bonds is 3. The van der Waals surface area contributed by atoms with Gasteiger partial charge in [-0.3, -0.25) is 4.90 Å². The third kappa shape index (κ3) is 2.05. The monoisotopic (exact) mass is 212 g/mol. The molecule has 0 spiro atoms. The lowest BCUT2D eigenvalue weighted by Gasteiger charge is -2.36. The van der Waals surface area contributed by atoms with Crippen LogP contribution in [0.4, 0.5) is 0 Å². The topological polar surface area (TPSA) is 38.5 Å². The minimum absolute atomic E-state index is 0.170. The van der Waals surface area contributed by atoms with Crippen molar-refractivity contribution in [3.63, 3.8) is 0 Å². The summed E-state index contributed by atoms with van der Waals surface area (Å²) in [7, 11) is 0. The van der Waals surface area contributed by atoms with Crippen molar-refractivity contribution in [2.45, 2.75) is 32.2 Å². The number of hydrogen-bond acceptors (Lipinski definition) is 3. The predicted octanol–water partition coefficient (Wildman–Crippen LogP) is 1.08. The molecule has 0 amide bonds. The van der Waals surface area contributed by atoms with Gasteiger partial charge in [0.2, 0.25) is 0 Å². The average molecular weight is 212 g/mol. The fourth-order valence-electron chi connectivity index (χ4n) is 2.90. The first-order valence-corrected chi connectivity index (χ1v) is 6.21. The highest BCUT2D eigenvalue weighted by Crippen LogP contribution is 2.33. The van der Waals surface area contributed by atoms with E-state index in [2.05, 4.69) is 18.7 Å². The Labute approximate surface area is 93.0 Å². The van der Waals surface area contributed by atoms with Crippen LogP contribution in [0.2, 0.25) is 0 Å². The molecule has 0 radical (unpaired) electrons. The van der Waals surface area contributed by atoms with E-state index < -0.39 is 0 Å². The number of nitrogens with zero attached hydrogens (tertiary/aromatic N) is 1. The molecule has 88 valence electrons. The maximum absolute atomic E-state index is 5.95. The molecule has 2 fully saturated rings. The molecule has 2 atom stereocenters. The Morgan fingerprint density at radius 1 is 1.53 bits per heavy atom. The minimum Gasteiger partial charge on any atom is -0.379 e. The summed E-state index contributed by atoms with van der Waals surface area (Å²) in [6.45, 7) is 9.57. The molecule has 0 saturated carbocycles. The lowest BCUT2D eigenvalue weighted by molar-refractivity contribution is 0.0871. The molecule has 15 heavy (non-hydrogen) atoms. The van der Waals surface area contributed by atoms with Crippen molar-refractivity contribution in [3.05, 3.63) is 0 Å². The van der Waals surface area contributed by atoms with E-state index in [1.54, 1.807) is 0 Å². The largest absolute Gasteiger partial charge is 0.379 e. The van der Waals surface area contributed by atoms with E-state index in [9.17, 15) is 0 Å². The van der Waals surface area contributed by atoms with Crippen LogP contribution in [0.5, 0.6) is 0 Å². The lowest BCUT2D eigenvalue weighted by atomic mass is 9.94. The molecular formula is C12H24N2O. The molecule has 2 aliphatic rings. The van der Waals surface area contributed by atoms with E-state index in [4.69, 9.17) is 10.5 Å². The van der Waals surface area contributed by atoms with Crippen molar-refractivity contribution in [3.8, 4) is 0 Å². The summed E-state index contributed by atoms with van der Waals surface area (Å²) in [6.07, 6.45) is 2.45. The molecule has 0 aromatic carbocycles. The highest BCUT2D eigenvalue weighted by molar-refractivity contribution is 4.98. The standard InChI is InChI=1S/C12H24N2O/c1-10(2)11-3-5-14(7-11)12(8-13)4-6-15-9-12/h10-11H,3-9,13H2,1-2H3. The molecule has 0 aromatic rings. The van der Waals surface area contributed by atoms with E-state index in [1.807, 2.05) is 0 Å². The van der Waals surface area contributed by atoms with Gasteiger partial charge >= 0.3 is 0 Å². The van der Waals surface area contributed by atoms with Crippen molar-refractivity contribution < 1.29 is 4.74 Å². The SMILES string of the molecule is CC(C)C1CCN(C2(CN)CCOC2)C1. The molecule has 2 unspecified atom stereocenters. The predicted molar refractivity (Wildman–Crippen MR) is 61.7 cm³/mol. The molecule has 3 nitrogen and oxygen atoms in total. The van der Waals surface area contributed by atoms with Gasteiger partial charge in [-0.15, -0.1) is 0 Å². The normalized spacial score (nSPS) is 38.0. The second-order valence-electron chi connectivity index (χ2n) is 5.47. The van der Waals surface area contributed by atoms with Gasteiger partial charge in [-0.25, -0.2) is 0 Å². The molecular weight excluding hydrogens is 188 g/mol. The molecule has 2 heterocycles. The molecule has 2 aliphatic heterocycles. The van der Waals surface area contributed by atoms with Gasteiger partial charge in [0.25, 0.3) is 0 Å². The summed E-state index contributed by atoms with van der Waals surface area (Å²) in [5.41, 5.74) is 6.12. The first-order chi connectivity index (χ1) is 7.18. The highest BCUT2D eigenvalue weighted by Gasteiger charge is 2.42. The van der Waals surface area contributed by atoms with Gasteiger partial charge in [0.15, 0.2) is 0 Å². The molecule has 0 aliphatic carbocycles. The van der Waals surface area contributed by atoms with Crippen LogP contribution in [0.25, 0.3) is 0 Å². The fourth-order valence-corrected chi connectivity index (χ4v) is 2.90. The van der Waals surface area contributed by atoms with Crippen molar-refractivity contribution in [1.82, 2.24) is 4.90 Å². The van der Waals surface area contributed by atoms with Gasteiger partial charge < -0.3 is 10.5 Å². The van der Waals surface area contributed by atoms with E-state index in [0.29, 0.717) is 0 Å². The van der Waals surface area contributed by atoms with Gasteiger partial charge in [0.05, 0.1) is 12.1 Å². The summed E-state index contributed by atoms with van der Waals surface area (Å²) in [5.74, 6) is 1.65. The number of likely N-dealkylation sites (tertiary alicyclic amines) is 1. The summed E-state index contributed by atoms with van der Waals surface area (Å²) >= 11 is 0. The van der Waals surface area contributed by atoms with Gasteiger partial charge in [-0.05, 0) is 31.2 Å². The Morgan fingerprint density at radius 3 is 2.80 bits per heavy atom. The van der Waals surface area contributed by atoms with Crippen LogP contribution in [0.3, 0.4) is 0 Å². The Kier molecular flexibility index (Phi) is 3.33. The highest BCUT2D eigenvalue weighted by atomic mass is 16.5. The molecule has 0 aromatic heterocycles. The van der Waals surface area contributed by atoms with E-state index in [1.165, 1.54) is 19.5 Å². The van der Waals surface area contributed by atoms with Gasteiger partial charge in [-0.1, -0.05) is 13.8 Å². The smallest absolute Gasteiger partial charge is 0.0663 e. The van der Waals surface area contributed by atoms with Crippen molar-refractivity contribution in [2.75, 3.05) is 32.8 Å². The minimum atomic E-state index is 0.170. The van der Waals surface area contributed by atoms with Gasteiger partial charge in [-0.2, -0.15) is 0 Å². The molecule has 2 N–H and O–H groups in total. The zero-order valence-corrected chi connectivity index (χ0v) is 10.0. The first-order valence-electron chi connectivity index (χ1n) is 6.21. The Bertz CT molecular complexity index is 212. The summed E-state index contributed by atoms with van der Waals surface area (Å²) in [5, 5.41) is 0. The Morgan fingerprint density at radius 2 is 2.33 bits per heavy atom. The van der Waals surface area contributed by atoms with Crippen molar-refractivity contribution >= 4 is 0 Å². The number of nitrogens with two attached hydrogens (primary N) is 1. The molecule has 0 bridgehead atoms. The zero-order valence-electron chi connectivity index (χ0n) is 10.0. The van der Waals surface area contributed by atoms with E-state index in [-0.39, 0.29) is 5.54 Å². The second kappa shape index (κ2) is 4.40. The maximum Gasteiger partial charge on any atom is 0.0663 e. The summed E-state index contributed by atoms with van der Waals surface area (Å²) in [4.78, 5) is 2.59. The fraction of sp³-hybridized carbons (Fsp3) is 1.00. The van der Waals surface area contributed by atoms with E-state index >= 15 is 0 Å². The quantitative estimate of drug-likeness (QED) is 0.761. The number of hydrogen-bond donors (Lipinski definition) is 1. The Balaban J connectivity index is 1.99. The molecule has 2 saturated heterocycles. The van der Waals surface area contributed by atoms with Crippen molar-refractivity contribution in [1.29, 1.82) is 0 Å². The Hall–Kier alpha value is -0.120.